The Morgan fingerprint density at radius 1 is 1.56 bits per heavy atom. The van der Waals surface area contributed by atoms with Crippen LogP contribution in [0.4, 0.5) is 0 Å². The van der Waals surface area contributed by atoms with Crippen molar-refractivity contribution in [2.45, 2.75) is 45.1 Å². The third-order valence-electron chi connectivity index (χ3n) is 3.67. The molecule has 0 aliphatic heterocycles. The molecule has 3 nitrogen and oxygen atoms in total. The van der Waals surface area contributed by atoms with Crippen LogP contribution < -0.4 is 5.32 Å². The average Bonchev–Trinajstić information content (AvgIpc) is 2.39. The Morgan fingerprint density at radius 2 is 2.39 bits per heavy atom. The topological polar surface area (TPSA) is 42.0 Å². The molecule has 0 bridgehead atoms. The van der Waals surface area contributed by atoms with Gasteiger partial charge in [0, 0.05) is 16.7 Å². The summed E-state index contributed by atoms with van der Waals surface area (Å²) in [6, 6.07) is 3.97. The second-order valence-electron chi connectivity index (χ2n) is 4.95. The van der Waals surface area contributed by atoms with Gasteiger partial charge in [0.1, 0.15) is 5.69 Å². The molecule has 1 amide bonds. The number of amides is 1. The third kappa shape index (κ3) is 3.31. The molecule has 1 aliphatic carbocycles. The SMILES string of the molecule is CCC1CCCC(NC(=O)c2ncccc2Br)C1. The highest BCUT2D eigenvalue weighted by atomic mass is 79.9. The number of pyridine rings is 1. The molecule has 1 fully saturated rings. The molecule has 1 saturated carbocycles. The molecule has 0 saturated heterocycles. The third-order valence-corrected chi connectivity index (χ3v) is 4.31. The largest absolute Gasteiger partial charge is 0.348 e. The van der Waals surface area contributed by atoms with E-state index in [0.29, 0.717) is 11.7 Å². The van der Waals surface area contributed by atoms with Crippen molar-refractivity contribution < 1.29 is 4.79 Å². The van der Waals surface area contributed by atoms with E-state index in [0.717, 1.165) is 23.2 Å². The van der Waals surface area contributed by atoms with Gasteiger partial charge in [0.2, 0.25) is 0 Å². The molecule has 98 valence electrons. The van der Waals surface area contributed by atoms with E-state index in [1.807, 2.05) is 12.1 Å². The number of nitrogens with zero attached hydrogens (tertiary/aromatic N) is 1. The Morgan fingerprint density at radius 3 is 3.11 bits per heavy atom. The van der Waals surface area contributed by atoms with Gasteiger partial charge in [-0.15, -0.1) is 0 Å². The van der Waals surface area contributed by atoms with Gasteiger partial charge in [-0.2, -0.15) is 0 Å². The lowest BCUT2D eigenvalue weighted by Crippen LogP contribution is -2.38. The summed E-state index contributed by atoms with van der Waals surface area (Å²) >= 11 is 3.36. The first-order chi connectivity index (χ1) is 8.70. The van der Waals surface area contributed by atoms with Gasteiger partial charge in [-0.1, -0.05) is 26.2 Å². The van der Waals surface area contributed by atoms with Crippen molar-refractivity contribution >= 4 is 21.8 Å². The van der Waals surface area contributed by atoms with Gasteiger partial charge in [0.25, 0.3) is 5.91 Å². The van der Waals surface area contributed by atoms with Gasteiger partial charge in [-0.3, -0.25) is 4.79 Å². The van der Waals surface area contributed by atoms with Crippen molar-refractivity contribution in [3.63, 3.8) is 0 Å². The van der Waals surface area contributed by atoms with E-state index in [2.05, 4.69) is 33.2 Å². The maximum atomic E-state index is 12.1. The summed E-state index contributed by atoms with van der Waals surface area (Å²) in [6.45, 7) is 2.23. The molecule has 0 radical (unpaired) electrons. The Labute approximate surface area is 117 Å². The van der Waals surface area contributed by atoms with Crippen LogP contribution in [0, 0.1) is 5.92 Å². The first-order valence-corrected chi connectivity index (χ1v) is 7.41. The van der Waals surface area contributed by atoms with Crippen LogP contribution >= 0.6 is 15.9 Å². The fourth-order valence-corrected chi connectivity index (χ4v) is 3.03. The highest BCUT2D eigenvalue weighted by Crippen LogP contribution is 2.26. The number of rotatable bonds is 3. The van der Waals surface area contributed by atoms with Crippen LogP contribution in [0.5, 0.6) is 0 Å². The van der Waals surface area contributed by atoms with E-state index < -0.39 is 0 Å². The molecule has 0 spiro atoms. The number of halogens is 1. The maximum Gasteiger partial charge on any atom is 0.271 e. The molecule has 2 atom stereocenters. The quantitative estimate of drug-likeness (QED) is 0.927. The smallest absolute Gasteiger partial charge is 0.271 e. The summed E-state index contributed by atoms with van der Waals surface area (Å²) in [5, 5.41) is 3.11. The Hall–Kier alpha value is -0.900. The fourth-order valence-electron chi connectivity index (χ4n) is 2.60. The second-order valence-corrected chi connectivity index (χ2v) is 5.80. The minimum absolute atomic E-state index is 0.0655. The molecule has 1 N–H and O–H groups in total. The zero-order valence-corrected chi connectivity index (χ0v) is 12.2. The lowest BCUT2D eigenvalue weighted by Gasteiger charge is -2.29. The zero-order valence-electron chi connectivity index (χ0n) is 10.7. The summed E-state index contributed by atoms with van der Waals surface area (Å²) in [5.74, 6) is 0.695. The molecule has 0 aromatic carbocycles. The van der Waals surface area contributed by atoms with Gasteiger partial charge in [-0.05, 0) is 46.8 Å². The highest BCUT2D eigenvalue weighted by Gasteiger charge is 2.23. The molecule has 1 aromatic heterocycles. The number of aromatic nitrogens is 1. The maximum absolute atomic E-state index is 12.1. The Kier molecular flexibility index (Phi) is 4.75. The molecule has 18 heavy (non-hydrogen) atoms. The Bertz CT molecular complexity index is 422. The second kappa shape index (κ2) is 6.32. The number of nitrogens with one attached hydrogen (secondary N) is 1. The predicted molar refractivity (Wildman–Crippen MR) is 75.4 cm³/mol. The van der Waals surface area contributed by atoms with E-state index in [4.69, 9.17) is 0 Å². The summed E-state index contributed by atoms with van der Waals surface area (Å²) < 4.78 is 0.755. The van der Waals surface area contributed by atoms with Crippen molar-refractivity contribution in [1.29, 1.82) is 0 Å². The van der Waals surface area contributed by atoms with Crippen LogP contribution in [0.2, 0.25) is 0 Å². The number of carbonyl (C=O) groups excluding carboxylic acids is 1. The van der Waals surface area contributed by atoms with Crippen LogP contribution in [0.3, 0.4) is 0 Å². The normalized spacial score (nSPS) is 23.7. The average molecular weight is 311 g/mol. The molecule has 1 heterocycles. The van der Waals surface area contributed by atoms with Crippen LogP contribution in [-0.4, -0.2) is 16.9 Å². The summed E-state index contributed by atoms with van der Waals surface area (Å²) in [5.41, 5.74) is 0.483. The number of hydrogen-bond donors (Lipinski definition) is 1. The van der Waals surface area contributed by atoms with Gasteiger partial charge in [0.05, 0.1) is 0 Å². The lowest BCUT2D eigenvalue weighted by molar-refractivity contribution is 0.0913. The molecule has 1 aromatic rings. The van der Waals surface area contributed by atoms with Crippen LogP contribution in [0.1, 0.15) is 49.5 Å². The van der Waals surface area contributed by atoms with Crippen LogP contribution in [0.15, 0.2) is 22.8 Å². The van der Waals surface area contributed by atoms with Crippen molar-refractivity contribution in [3.05, 3.63) is 28.5 Å². The first-order valence-electron chi connectivity index (χ1n) is 6.62. The predicted octanol–water partition coefficient (Wildman–Crippen LogP) is 3.54. The van der Waals surface area contributed by atoms with Gasteiger partial charge < -0.3 is 5.32 Å². The molecule has 4 heteroatoms. The van der Waals surface area contributed by atoms with E-state index in [-0.39, 0.29) is 5.91 Å². The fraction of sp³-hybridized carbons (Fsp3) is 0.571. The molecular weight excluding hydrogens is 292 g/mol. The monoisotopic (exact) mass is 310 g/mol. The van der Waals surface area contributed by atoms with E-state index >= 15 is 0 Å². The lowest BCUT2D eigenvalue weighted by atomic mass is 9.84. The highest BCUT2D eigenvalue weighted by molar-refractivity contribution is 9.10. The van der Waals surface area contributed by atoms with E-state index in [9.17, 15) is 4.79 Å². The van der Waals surface area contributed by atoms with Gasteiger partial charge in [0.15, 0.2) is 0 Å². The molecular formula is C14H19BrN2O. The van der Waals surface area contributed by atoms with E-state index in [1.165, 1.54) is 19.3 Å². The van der Waals surface area contributed by atoms with Crippen LogP contribution in [-0.2, 0) is 0 Å². The molecule has 2 rings (SSSR count). The number of hydrogen-bond acceptors (Lipinski definition) is 2. The van der Waals surface area contributed by atoms with Gasteiger partial charge in [-0.25, -0.2) is 4.98 Å². The minimum atomic E-state index is -0.0655. The summed E-state index contributed by atoms with van der Waals surface area (Å²) in [4.78, 5) is 16.2. The zero-order chi connectivity index (χ0) is 13.0. The van der Waals surface area contributed by atoms with Crippen molar-refractivity contribution in [2.75, 3.05) is 0 Å². The van der Waals surface area contributed by atoms with Crippen molar-refractivity contribution in [1.82, 2.24) is 10.3 Å². The minimum Gasteiger partial charge on any atom is -0.348 e. The Balaban J connectivity index is 1.97. The standard InChI is InChI=1S/C14H19BrN2O/c1-2-10-5-3-6-11(9-10)17-14(18)13-12(15)7-4-8-16-13/h4,7-8,10-11H,2-3,5-6,9H2,1H3,(H,17,18). The van der Waals surface area contributed by atoms with Crippen molar-refractivity contribution in [2.24, 2.45) is 5.92 Å². The molecule has 2 unspecified atom stereocenters. The summed E-state index contributed by atoms with van der Waals surface area (Å²) in [6.07, 6.45) is 7.57. The molecule has 1 aliphatic rings. The summed E-state index contributed by atoms with van der Waals surface area (Å²) in [7, 11) is 0. The van der Waals surface area contributed by atoms with Crippen LogP contribution in [0.25, 0.3) is 0 Å². The first kappa shape index (κ1) is 13.5. The number of carbonyl (C=O) groups is 1. The van der Waals surface area contributed by atoms with E-state index in [1.54, 1.807) is 6.20 Å². The van der Waals surface area contributed by atoms with Crippen molar-refractivity contribution in [3.8, 4) is 0 Å². The van der Waals surface area contributed by atoms with Gasteiger partial charge >= 0.3 is 0 Å².